The van der Waals surface area contributed by atoms with Gasteiger partial charge in [0, 0.05) is 24.3 Å². The summed E-state index contributed by atoms with van der Waals surface area (Å²) < 4.78 is 0. The van der Waals surface area contributed by atoms with Gasteiger partial charge in [-0.05, 0) is 37.5 Å². The Labute approximate surface area is 231 Å². The topological polar surface area (TPSA) is 155 Å². The van der Waals surface area contributed by atoms with Crippen molar-refractivity contribution in [3.8, 4) is 22.5 Å². The van der Waals surface area contributed by atoms with Crippen LogP contribution in [0.5, 0.6) is 0 Å². The highest BCUT2D eigenvalue weighted by molar-refractivity contribution is 5.92. The summed E-state index contributed by atoms with van der Waals surface area (Å²) in [4.78, 5) is 8.72. The highest BCUT2D eigenvalue weighted by Gasteiger charge is 2.38. The molecule has 0 fully saturated rings. The highest BCUT2D eigenvalue weighted by Crippen LogP contribution is 2.34. The normalized spacial score (nSPS) is 15.6. The van der Waals surface area contributed by atoms with Gasteiger partial charge in [-0.3, -0.25) is 10.1 Å². The summed E-state index contributed by atoms with van der Waals surface area (Å²) >= 11 is 0. The zero-order chi connectivity index (χ0) is 29.4. The van der Waals surface area contributed by atoms with Gasteiger partial charge in [0.2, 0.25) is 5.79 Å². The van der Waals surface area contributed by atoms with Gasteiger partial charge in [0.25, 0.3) is 0 Å². The Morgan fingerprint density at radius 2 is 1.51 bits per heavy atom. The van der Waals surface area contributed by atoms with Gasteiger partial charge in [0.1, 0.15) is 6.33 Å². The van der Waals surface area contributed by atoms with Crippen molar-refractivity contribution < 1.29 is 25.5 Å². The molecule has 3 atom stereocenters. The summed E-state index contributed by atoms with van der Waals surface area (Å²) in [5, 5.41) is 59.9. The van der Waals surface area contributed by atoms with E-state index in [-0.39, 0.29) is 18.6 Å². The molecule has 0 saturated carbocycles. The lowest BCUT2D eigenvalue weighted by molar-refractivity contribution is -0.184. The van der Waals surface area contributed by atoms with Crippen LogP contribution in [0.4, 0.5) is 0 Å². The average Bonchev–Trinajstić information content (AvgIpc) is 3.43. The Morgan fingerprint density at radius 3 is 2.03 bits per heavy atom. The number of benzene rings is 2. The molecule has 9 nitrogen and oxygen atoms in total. The first-order chi connectivity index (χ1) is 18.3. The van der Waals surface area contributed by atoms with Crippen molar-refractivity contribution >= 4 is 5.71 Å². The number of nitrogens with zero attached hydrogens (tertiary/aromatic N) is 3. The zero-order valence-electron chi connectivity index (χ0n) is 24.0. The third kappa shape index (κ3) is 8.27. The number of hydrogen-bond donors (Lipinski definition) is 6. The minimum atomic E-state index is -2.25. The van der Waals surface area contributed by atoms with E-state index in [1.165, 1.54) is 13.3 Å². The van der Waals surface area contributed by atoms with Gasteiger partial charge in [-0.2, -0.15) is 5.10 Å². The van der Waals surface area contributed by atoms with E-state index < -0.39 is 29.1 Å². The van der Waals surface area contributed by atoms with E-state index in [0.717, 1.165) is 16.7 Å². The number of aliphatic imine (C=N–C) groups is 1. The van der Waals surface area contributed by atoms with Gasteiger partial charge >= 0.3 is 0 Å². The van der Waals surface area contributed by atoms with E-state index in [4.69, 9.17) is 0 Å². The molecule has 0 aliphatic carbocycles. The van der Waals surface area contributed by atoms with E-state index in [9.17, 15) is 25.5 Å². The zero-order valence-corrected chi connectivity index (χ0v) is 24.0. The van der Waals surface area contributed by atoms with Crippen molar-refractivity contribution in [2.45, 2.75) is 90.9 Å². The number of H-pyrrole nitrogens is 1. The molecule has 0 amide bonds. The van der Waals surface area contributed by atoms with Crippen LogP contribution in [0.15, 0.2) is 59.9 Å². The summed E-state index contributed by atoms with van der Waals surface area (Å²) in [7, 11) is 0. The first-order valence-electron chi connectivity index (χ1n) is 13.5. The second kappa shape index (κ2) is 13.4. The van der Waals surface area contributed by atoms with Crippen molar-refractivity contribution in [1.29, 1.82) is 0 Å². The van der Waals surface area contributed by atoms with Crippen LogP contribution < -0.4 is 0 Å². The Hall–Kier alpha value is -2.95. The van der Waals surface area contributed by atoms with Crippen LogP contribution in [0.1, 0.15) is 73.3 Å². The highest BCUT2D eigenvalue weighted by atomic mass is 16.5. The Morgan fingerprint density at radius 1 is 0.923 bits per heavy atom. The minimum Gasteiger partial charge on any atom is -0.385 e. The second-order valence-electron chi connectivity index (χ2n) is 10.2. The number of aliphatic hydroxyl groups is 5. The van der Waals surface area contributed by atoms with Gasteiger partial charge in [-0.15, -0.1) is 0 Å². The van der Waals surface area contributed by atoms with E-state index in [0.29, 0.717) is 17.8 Å². The van der Waals surface area contributed by atoms with Gasteiger partial charge in [0.05, 0.1) is 17.4 Å². The summed E-state index contributed by atoms with van der Waals surface area (Å²) in [5.41, 5.74) is 1.83. The molecule has 1 aromatic heterocycles. The van der Waals surface area contributed by atoms with Gasteiger partial charge in [-0.25, -0.2) is 4.98 Å². The quantitative estimate of drug-likeness (QED) is 0.155. The van der Waals surface area contributed by atoms with Crippen LogP contribution in [0.2, 0.25) is 0 Å². The number of nitrogens with one attached hydrogen (secondary N) is 1. The molecule has 214 valence electrons. The summed E-state index contributed by atoms with van der Waals surface area (Å²) in [6, 6.07) is 14.5. The molecular formula is C30H44N4O5. The molecule has 1 heterocycles. The molecule has 3 rings (SSSR count). The van der Waals surface area contributed by atoms with Crippen LogP contribution in [0.25, 0.3) is 22.5 Å². The van der Waals surface area contributed by atoms with Crippen LogP contribution in [-0.2, 0) is 5.60 Å². The maximum atomic E-state index is 11.4. The Bertz CT molecular complexity index is 1180. The van der Waals surface area contributed by atoms with E-state index >= 15 is 0 Å². The molecule has 2 aromatic carbocycles. The molecule has 3 aromatic rings. The van der Waals surface area contributed by atoms with E-state index in [2.05, 4.69) is 20.2 Å². The predicted octanol–water partition coefficient (Wildman–Crippen LogP) is 4.41. The van der Waals surface area contributed by atoms with Crippen LogP contribution >= 0.6 is 0 Å². The molecule has 6 N–H and O–H groups in total. The maximum Gasteiger partial charge on any atom is 0.202 e. The molecule has 0 saturated heterocycles. The Balaban J connectivity index is 0.00000260. The van der Waals surface area contributed by atoms with Crippen molar-refractivity contribution in [3.05, 3.63) is 60.4 Å². The number of rotatable bonds is 11. The summed E-state index contributed by atoms with van der Waals surface area (Å²) in [6.45, 7) is 12.0. The smallest absolute Gasteiger partial charge is 0.202 e. The predicted molar refractivity (Wildman–Crippen MR) is 154 cm³/mol. The third-order valence-corrected chi connectivity index (χ3v) is 6.93. The maximum absolute atomic E-state index is 11.4. The first kappa shape index (κ1) is 32.3. The third-order valence-electron chi connectivity index (χ3n) is 6.93. The van der Waals surface area contributed by atoms with Crippen LogP contribution in [0.3, 0.4) is 0 Å². The lowest BCUT2D eigenvalue weighted by Gasteiger charge is -2.33. The standard InChI is InChI=1S/C28H38N4O5.C2H6/c1-6-15-28(36,37)24(31-19(3)18(2)27(5,34)35)16-26(4,33)21-13-11-20(12-14-21)22-9-7-8-10-23(22)25-29-17-30-32-25;1-2/h7-14,17-19,33-37H,6,15-16H2,1-5H3,(H,29,30,32);1-2H3. The molecule has 0 bridgehead atoms. The molecular weight excluding hydrogens is 496 g/mol. The first-order valence-corrected chi connectivity index (χ1v) is 13.5. The van der Waals surface area contributed by atoms with Crippen molar-refractivity contribution in [2.24, 2.45) is 10.9 Å². The monoisotopic (exact) mass is 540 g/mol. The lowest BCUT2D eigenvalue weighted by Crippen LogP contribution is -2.44. The number of aromatic nitrogens is 3. The molecule has 3 unspecified atom stereocenters. The number of aromatic amines is 1. The SMILES string of the molecule is CC.CCCC(O)(O)C(CC(C)(O)c1ccc(-c2ccccc2-c2ncn[nH]2)cc1)=NC(C)C(C)C(C)(O)O. The van der Waals surface area contributed by atoms with E-state index in [1.54, 1.807) is 32.9 Å². The van der Waals surface area contributed by atoms with Crippen molar-refractivity contribution in [2.75, 3.05) is 0 Å². The molecule has 9 heteroatoms. The van der Waals surface area contributed by atoms with Gasteiger partial charge in [-0.1, -0.05) is 82.6 Å². The second-order valence-corrected chi connectivity index (χ2v) is 10.2. The van der Waals surface area contributed by atoms with E-state index in [1.807, 2.05) is 57.2 Å². The summed E-state index contributed by atoms with van der Waals surface area (Å²) in [5.74, 6) is -4.28. The van der Waals surface area contributed by atoms with Gasteiger partial charge in [0.15, 0.2) is 11.6 Å². The fourth-order valence-electron chi connectivity index (χ4n) is 4.31. The fourth-order valence-corrected chi connectivity index (χ4v) is 4.31. The largest absolute Gasteiger partial charge is 0.385 e. The summed E-state index contributed by atoms with van der Waals surface area (Å²) in [6.07, 6.45) is 1.80. The van der Waals surface area contributed by atoms with Gasteiger partial charge < -0.3 is 25.5 Å². The van der Waals surface area contributed by atoms with Crippen LogP contribution in [0, 0.1) is 5.92 Å². The molecule has 0 spiro atoms. The Kier molecular flexibility index (Phi) is 11.1. The fraction of sp³-hybridized carbons (Fsp3) is 0.500. The van der Waals surface area contributed by atoms with Crippen molar-refractivity contribution in [1.82, 2.24) is 15.2 Å². The molecule has 0 aliphatic heterocycles. The lowest BCUT2D eigenvalue weighted by atomic mass is 9.85. The number of hydrogen-bond acceptors (Lipinski definition) is 8. The molecule has 39 heavy (non-hydrogen) atoms. The minimum absolute atomic E-state index is 0.0114. The van der Waals surface area contributed by atoms with Crippen molar-refractivity contribution in [3.63, 3.8) is 0 Å². The molecule has 0 radical (unpaired) electrons. The van der Waals surface area contributed by atoms with Crippen LogP contribution in [-0.4, -0.2) is 64.0 Å². The average molecular weight is 541 g/mol. The molecule has 0 aliphatic rings.